The van der Waals surface area contributed by atoms with Gasteiger partial charge in [0.05, 0.1) is 11.0 Å². The maximum atomic E-state index is 10.5. The highest BCUT2D eigenvalue weighted by Crippen LogP contribution is 2.25. The summed E-state index contributed by atoms with van der Waals surface area (Å²) in [6.07, 6.45) is 2.95. The van der Waals surface area contributed by atoms with Gasteiger partial charge in [0.25, 0.3) is 5.69 Å². The second-order valence-electron chi connectivity index (χ2n) is 5.62. The highest BCUT2D eigenvalue weighted by Gasteiger charge is 2.25. The first-order valence-electron chi connectivity index (χ1n) is 7.30. The Morgan fingerprint density at radius 3 is 2.67 bits per heavy atom. The standard InChI is InChI=1S/C15H22N2O4/c1-16(11-12-3-2-4-15(12)18)9-10-21-14-7-5-13(6-8-14)17(19)20/h5-8,12,15,18H,2-4,9-11H2,1H3. The van der Waals surface area contributed by atoms with E-state index in [1.807, 2.05) is 7.05 Å². The maximum absolute atomic E-state index is 10.5. The zero-order valence-electron chi connectivity index (χ0n) is 12.3. The molecule has 1 aliphatic rings. The molecule has 0 aliphatic heterocycles. The van der Waals surface area contributed by atoms with Crippen molar-refractivity contribution in [3.05, 3.63) is 34.4 Å². The Morgan fingerprint density at radius 1 is 1.38 bits per heavy atom. The van der Waals surface area contributed by atoms with Crippen LogP contribution in [0.25, 0.3) is 0 Å². The molecule has 1 aromatic rings. The van der Waals surface area contributed by atoms with Gasteiger partial charge in [0, 0.05) is 25.2 Å². The van der Waals surface area contributed by atoms with Crippen LogP contribution in [0.2, 0.25) is 0 Å². The lowest BCUT2D eigenvalue weighted by molar-refractivity contribution is -0.384. The van der Waals surface area contributed by atoms with Crippen LogP contribution in [0.3, 0.4) is 0 Å². The zero-order chi connectivity index (χ0) is 15.2. The molecule has 0 radical (unpaired) electrons. The predicted octanol–water partition coefficient (Wildman–Crippen LogP) is 2.07. The fourth-order valence-corrected chi connectivity index (χ4v) is 2.71. The van der Waals surface area contributed by atoms with Gasteiger partial charge in [-0.1, -0.05) is 6.42 Å². The second-order valence-corrected chi connectivity index (χ2v) is 5.62. The molecule has 0 spiro atoms. The fourth-order valence-electron chi connectivity index (χ4n) is 2.71. The minimum Gasteiger partial charge on any atom is -0.492 e. The second kappa shape index (κ2) is 7.38. The molecule has 6 nitrogen and oxygen atoms in total. The number of aliphatic hydroxyl groups is 1. The third kappa shape index (κ3) is 4.68. The van der Waals surface area contributed by atoms with Crippen molar-refractivity contribution in [2.45, 2.75) is 25.4 Å². The Hall–Kier alpha value is -1.66. The Bertz CT molecular complexity index is 463. The molecule has 1 N–H and O–H groups in total. The van der Waals surface area contributed by atoms with Gasteiger partial charge in [-0.25, -0.2) is 0 Å². The number of nitro benzene ring substituents is 1. The van der Waals surface area contributed by atoms with Crippen molar-refractivity contribution in [3.63, 3.8) is 0 Å². The van der Waals surface area contributed by atoms with E-state index in [9.17, 15) is 15.2 Å². The average Bonchev–Trinajstić information content (AvgIpc) is 2.85. The number of ether oxygens (including phenoxy) is 1. The van der Waals surface area contributed by atoms with E-state index < -0.39 is 4.92 Å². The third-order valence-corrected chi connectivity index (χ3v) is 3.95. The zero-order valence-corrected chi connectivity index (χ0v) is 12.3. The van der Waals surface area contributed by atoms with Gasteiger partial charge in [0.1, 0.15) is 12.4 Å². The number of hydrogen-bond donors (Lipinski definition) is 1. The van der Waals surface area contributed by atoms with Crippen LogP contribution in [-0.4, -0.2) is 47.8 Å². The molecule has 1 fully saturated rings. The number of benzene rings is 1. The van der Waals surface area contributed by atoms with Crippen molar-refractivity contribution in [1.82, 2.24) is 4.90 Å². The van der Waals surface area contributed by atoms with Gasteiger partial charge in [-0.15, -0.1) is 0 Å². The Labute approximate surface area is 124 Å². The molecule has 1 aromatic carbocycles. The monoisotopic (exact) mass is 294 g/mol. The van der Waals surface area contributed by atoms with Crippen molar-refractivity contribution >= 4 is 5.69 Å². The summed E-state index contributed by atoms with van der Waals surface area (Å²) in [5.41, 5.74) is 0.0645. The van der Waals surface area contributed by atoms with Crippen molar-refractivity contribution in [1.29, 1.82) is 0 Å². The number of hydrogen-bond acceptors (Lipinski definition) is 5. The van der Waals surface area contributed by atoms with Crippen LogP contribution in [0.5, 0.6) is 5.75 Å². The topological polar surface area (TPSA) is 75.8 Å². The molecule has 2 unspecified atom stereocenters. The summed E-state index contributed by atoms with van der Waals surface area (Å²) >= 11 is 0. The number of rotatable bonds is 7. The molecule has 0 heterocycles. The lowest BCUT2D eigenvalue weighted by Gasteiger charge is -2.23. The molecule has 6 heteroatoms. The summed E-state index contributed by atoms with van der Waals surface area (Å²) < 4.78 is 5.58. The quantitative estimate of drug-likeness (QED) is 0.615. The van der Waals surface area contributed by atoms with Gasteiger partial charge < -0.3 is 14.7 Å². The first kappa shape index (κ1) is 15.7. The molecule has 1 saturated carbocycles. The molecule has 0 aromatic heterocycles. The maximum Gasteiger partial charge on any atom is 0.269 e. The van der Waals surface area contributed by atoms with Crippen LogP contribution < -0.4 is 4.74 Å². The molecule has 2 atom stereocenters. The van der Waals surface area contributed by atoms with Crippen LogP contribution in [0.1, 0.15) is 19.3 Å². The van der Waals surface area contributed by atoms with Gasteiger partial charge in [0.2, 0.25) is 0 Å². The summed E-state index contributed by atoms with van der Waals surface area (Å²) in [6.45, 7) is 2.17. The molecular weight excluding hydrogens is 272 g/mol. The average molecular weight is 294 g/mol. The smallest absolute Gasteiger partial charge is 0.269 e. The number of likely N-dealkylation sites (N-methyl/N-ethyl adjacent to an activating group) is 1. The third-order valence-electron chi connectivity index (χ3n) is 3.95. The van der Waals surface area contributed by atoms with E-state index in [0.717, 1.165) is 32.4 Å². The molecule has 2 rings (SSSR count). The highest BCUT2D eigenvalue weighted by atomic mass is 16.6. The van der Waals surface area contributed by atoms with E-state index in [1.165, 1.54) is 12.1 Å². The van der Waals surface area contributed by atoms with Crippen molar-refractivity contribution in [3.8, 4) is 5.75 Å². The highest BCUT2D eigenvalue weighted by molar-refractivity contribution is 5.35. The largest absolute Gasteiger partial charge is 0.492 e. The van der Waals surface area contributed by atoms with Crippen LogP contribution in [0, 0.1) is 16.0 Å². The normalized spacial score (nSPS) is 21.7. The summed E-state index contributed by atoms with van der Waals surface area (Å²) in [6, 6.07) is 6.10. The summed E-state index contributed by atoms with van der Waals surface area (Å²) in [4.78, 5) is 12.3. The molecular formula is C15H22N2O4. The van der Waals surface area contributed by atoms with Gasteiger partial charge in [-0.2, -0.15) is 0 Å². The van der Waals surface area contributed by atoms with Gasteiger partial charge in [-0.3, -0.25) is 10.1 Å². The van der Waals surface area contributed by atoms with E-state index >= 15 is 0 Å². The van der Waals surface area contributed by atoms with Gasteiger partial charge in [-0.05, 0) is 37.9 Å². The van der Waals surface area contributed by atoms with E-state index in [1.54, 1.807) is 12.1 Å². The van der Waals surface area contributed by atoms with Gasteiger partial charge in [0.15, 0.2) is 0 Å². The molecule has 116 valence electrons. The number of nitrogens with zero attached hydrogens (tertiary/aromatic N) is 2. The molecule has 0 amide bonds. The Morgan fingerprint density at radius 2 is 2.10 bits per heavy atom. The summed E-state index contributed by atoms with van der Waals surface area (Å²) in [7, 11) is 2.02. The van der Waals surface area contributed by atoms with Crippen LogP contribution in [-0.2, 0) is 0 Å². The predicted molar refractivity (Wildman–Crippen MR) is 79.4 cm³/mol. The van der Waals surface area contributed by atoms with Crippen molar-refractivity contribution in [2.75, 3.05) is 26.7 Å². The minimum atomic E-state index is -0.426. The molecule has 0 saturated heterocycles. The number of nitro groups is 1. The van der Waals surface area contributed by atoms with Crippen molar-refractivity contribution < 1.29 is 14.8 Å². The molecule has 0 bridgehead atoms. The lowest BCUT2D eigenvalue weighted by atomic mass is 10.1. The van der Waals surface area contributed by atoms with Crippen LogP contribution in [0.4, 0.5) is 5.69 Å². The minimum absolute atomic E-state index is 0.0645. The number of non-ortho nitro benzene ring substituents is 1. The first-order chi connectivity index (χ1) is 10.1. The summed E-state index contributed by atoms with van der Waals surface area (Å²) in [5, 5.41) is 20.3. The van der Waals surface area contributed by atoms with E-state index in [-0.39, 0.29) is 11.8 Å². The van der Waals surface area contributed by atoms with Crippen LogP contribution >= 0.6 is 0 Å². The van der Waals surface area contributed by atoms with Crippen molar-refractivity contribution in [2.24, 2.45) is 5.92 Å². The first-order valence-corrected chi connectivity index (χ1v) is 7.30. The van der Waals surface area contributed by atoms with E-state index in [0.29, 0.717) is 18.3 Å². The fraction of sp³-hybridized carbons (Fsp3) is 0.600. The van der Waals surface area contributed by atoms with Crippen LogP contribution in [0.15, 0.2) is 24.3 Å². The Balaban J connectivity index is 1.69. The SMILES string of the molecule is CN(CCOc1ccc([N+](=O)[O-])cc1)CC1CCCC1O. The number of aliphatic hydroxyl groups excluding tert-OH is 1. The van der Waals surface area contributed by atoms with E-state index in [2.05, 4.69) is 4.90 Å². The van der Waals surface area contributed by atoms with E-state index in [4.69, 9.17) is 4.74 Å². The van der Waals surface area contributed by atoms with Gasteiger partial charge >= 0.3 is 0 Å². The molecule has 1 aliphatic carbocycles. The Kier molecular flexibility index (Phi) is 5.52. The molecule has 21 heavy (non-hydrogen) atoms. The summed E-state index contributed by atoms with van der Waals surface area (Å²) in [5.74, 6) is 1.00. The lowest BCUT2D eigenvalue weighted by Crippen LogP contribution is -2.32.